The number of carboxylic acid groups (broad SMARTS) is 2. The molecule has 7 atom stereocenters. The molecule has 1 fully saturated rings. The van der Waals surface area contributed by atoms with Crippen LogP contribution in [0.3, 0.4) is 0 Å². The SMILES string of the molecule is C=C(CCC(C(=O)O)[C@H]1[C@H](O)C[C@@]2(C)C3=CC[C@@H](C(=C)CO)[C@](C)(CCC(=O)O)C3=CC[C@]12C)C(C)C. The number of aliphatic hydroxyl groups is 2. The zero-order valence-electron chi connectivity index (χ0n) is 23.2. The molecule has 0 saturated heterocycles. The number of aliphatic carboxylic acids is 2. The van der Waals surface area contributed by atoms with E-state index < -0.39 is 46.1 Å². The molecule has 4 N–H and O–H groups in total. The van der Waals surface area contributed by atoms with Crippen LogP contribution in [0, 0.1) is 39.9 Å². The molecule has 0 radical (unpaired) electrons. The molecule has 6 heteroatoms. The van der Waals surface area contributed by atoms with Gasteiger partial charge in [0.05, 0.1) is 18.6 Å². The second-order valence-electron chi connectivity index (χ2n) is 12.7. The molecule has 0 aromatic heterocycles. The summed E-state index contributed by atoms with van der Waals surface area (Å²) in [5, 5.41) is 41.1. The van der Waals surface area contributed by atoms with Gasteiger partial charge in [-0.05, 0) is 77.9 Å². The quantitative estimate of drug-likeness (QED) is 0.260. The summed E-state index contributed by atoms with van der Waals surface area (Å²) in [6.07, 6.45) is 6.79. The lowest BCUT2D eigenvalue weighted by atomic mass is 9.48. The second kappa shape index (κ2) is 10.5. The highest BCUT2D eigenvalue weighted by molar-refractivity contribution is 5.71. The number of hydrogen-bond donors (Lipinski definition) is 4. The highest BCUT2D eigenvalue weighted by Crippen LogP contribution is 2.70. The van der Waals surface area contributed by atoms with Crippen LogP contribution in [-0.2, 0) is 9.59 Å². The van der Waals surface area contributed by atoms with E-state index in [0.717, 1.165) is 16.7 Å². The topological polar surface area (TPSA) is 115 Å². The van der Waals surface area contributed by atoms with E-state index >= 15 is 0 Å². The second-order valence-corrected chi connectivity index (χ2v) is 12.7. The molecule has 3 aliphatic rings. The first kappa shape index (κ1) is 29.4. The number of fused-ring (bicyclic) bond motifs is 3. The summed E-state index contributed by atoms with van der Waals surface area (Å²) in [4.78, 5) is 24.1. The molecular formula is C31H46O6. The summed E-state index contributed by atoms with van der Waals surface area (Å²) in [6.45, 7) is 18.6. The van der Waals surface area contributed by atoms with E-state index in [4.69, 9.17) is 0 Å². The number of hydrogen-bond acceptors (Lipinski definition) is 4. The van der Waals surface area contributed by atoms with Gasteiger partial charge in [0.15, 0.2) is 0 Å². The van der Waals surface area contributed by atoms with Gasteiger partial charge < -0.3 is 20.4 Å². The summed E-state index contributed by atoms with van der Waals surface area (Å²) >= 11 is 0. The fourth-order valence-corrected chi connectivity index (χ4v) is 7.83. The van der Waals surface area contributed by atoms with E-state index in [0.29, 0.717) is 44.1 Å². The van der Waals surface area contributed by atoms with Gasteiger partial charge in [-0.1, -0.05) is 65.5 Å². The van der Waals surface area contributed by atoms with Gasteiger partial charge in [0.25, 0.3) is 0 Å². The minimum absolute atomic E-state index is 0.0103. The Labute approximate surface area is 221 Å². The molecule has 3 rings (SSSR count). The lowest BCUT2D eigenvalue weighted by Gasteiger charge is -2.56. The Morgan fingerprint density at radius 3 is 2.27 bits per heavy atom. The lowest BCUT2D eigenvalue weighted by molar-refractivity contribution is -0.148. The predicted molar refractivity (Wildman–Crippen MR) is 145 cm³/mol. The molecule has 0 bridgehead atoms. The van der Waals surface area contributed by atoms with Gasteiger partial charge in [-0.3, -0.25) is 9.59 Å². The van der Waals surface area contributed by atoms with Crippen LogP contribution in [0.15, 0.2) is 47.6 Å². The van der Waals surface area contributed by atoms with Crippen molar-refractivity contribution in [2.45, 2.75) is 85.7 Å². The summed E-state index contributed by atoms with van der Waals surface area (Å²) in [5.74, 6) is -2.64. The third-order valence-electron chi connectivity index (χ3n) is 10.5. The standard InChI is InChI=1S/C31H46O6/c1-18(2)19(3)8-9-21(28(36)37)27-25(33)16-31(7)24-11-10-22(20(4)17-32)29(5,14-13-26(34)35)23(24)12-15-30(27,31)6/h11-12,18,21-22,25,27,32-33H,3-4,8-10,13-17H2,1-2,5-7H3,(H,34,35)(H,36,37)/t21?,22-,25+,27-,29-,30+,31-/m0/s1. The largest absolute Gasteiger partial charge is 0.481 e. The van der Waals surface area contributed by atoms with Crippen molar-refractivity contribution in [2.24, 2.45) is 39.9 Å². The van der Waals surface area contributed by atoms with Crippen molar-refractivity contribution < 1.29 is 30.0 Å². The van der Waals surface area contributed by atoms with Crippen molar-refractivity contribution >= 4 is 11.9 Å². The maximum atomic E-state index is 12.6. The van der Waals surface area contributed by atoms with E-state index in [2.05, 4.69) is 59.9 Å². The van der Waals surface area contributed by atoms with Gasteiger partial charge in [-0.25, -0.2) is 0 Å². The average molecular weight is 515 g/mol. The van der Waals surface area contributed by atoms with Crippen molar-refractivity contribution in [1.82, 2.24) is 0 Å². The Morgan fingerprint density at radius 1 is 1.08 bits per heavy atom. The summed E-state index contributed by atoms with van der Waals surface area (Å²) in [7, 11) is 0. The van der Waals surface area contributed by atoms with E-state index in [1.54, 1.807) is 0 Å². The molecule has 0 aromatic carbocycles. The summed E-state index contributed by atoms with van der Waals surface area (Å²) in [6, 6.07) is 0. The van der Waals surface area contributed by atoms with Crippen molar-refractivity contribution in [1.29, 1.82) is 0 Å². The number of carbonyl (C=O) groups is 2. The number of aliphatic hydroxyl groups excluding tert-OH is 2. The Bertz CT molecular complexity index is 1020. The van der Waals surface area contributed by atoms with E-state index in [1.165, 1.54) is 0 Å². The smallest absolute Gasteiger partial charge is 0.306 e. The summed E-state index contributed by atoms with van der Waals surface area (Å²) < 4.78 is 0. The lowest BCUT2D eigenvalue weighted by Crippen LogP contribution is -2.49. The minimum atomic E-state index is -0.871. The van der Waals surface area contributed by atoms with Gasteiger partial charge in [-0.2, -0.15) is 0 Å². The third kappa shape index (κ3) is 4.87. The number of rotatable bonds is 11. The Morgan fingerprint density at radius 2 is 1.73 bits per heavy atom. The van der Waals surface area contributed by atoms with E-state index in [1.807, 2.05) is 0 Å². The van der Waals surface area contributed by atoms with Crippen LogP contribution in [0.2, 0.25) is 0 Å². The van der Waals surface area contributed by atoms with Gasteiger partial charge in [-0.15, -0.1) is 0 Å². The number of carboxylic acids is 2. The molecule has 0 heterocycles. The fraction of sp³-hybridized carbons (Fsp3) is 0.677. The first-order valence-electron chi connectivity index (χ1n) is 13.6. The number of allylic oxidation sites excluding steroid dienone is 5. The van der Waals surface area contributed by atoms with E-state index in [-0.39, 0.29) is 24.9 Å². The van der Waals surface area contributed by atoms with Crippen LogP contribution in [0.4, 0.5) is 0 Å². The highest BCUT2D eigenvalue weighted by atomic mass is 16.4. The highest BCUT2D eigenvalue weighted by Gasteiger charge is 2.65. The molecule has 1 saturated carbocycles. The van der Waals surface area contributed by atoms with Gasteiger partial charge in [0.1, 0.15) is 0 Å². The van der Waals surface area contributed by atoms with Gasteiger partial charge in [0, 0.05) is 17.8 Å². The molecule has 3 aliphatic carbocycles. The molecule has 1 unspecified atom stereocenters. The monoisotopic (exact) mass is 514 g/mol. The van der Waals surface area contributed by atoms with Crippen molar-refractivity contribution in [3.8, 4) is 0 Å². The van der Waals surface area contributed by atoms with Crippen molar-refractivity contribution in [3.63, 3.8) is 0 Å². The van der Waals surface area contributed by atoms with Crippen LogP contribution >= 0.6 is 0 Å². The maximum Gasteiger partial charge on any atom is 0.306 e. The van der Waals surface area contributed by atoms with Gasteiger partial charge in [0.2, 0.25) is 0 Å². The summed E-state index contributed by atoms with van der Waals surface area (Å²) in [5.41, 5.74) is 2.45. The predicted octanol–water partition coefficient (Wildman–Crippen LogP) is 5.77. The van der Waals surface area contributed by atoms with Crippen LogP contribution < -0.4 is 0 Å². The van der Waals surface area contributed by atoms with Crippen LogP contribution in [0.25, 0.3) is 0 Å². The molecule has 0 amide bonds. The normalized spacial score (nSPS) is 35.7. The van der Waals surface area contributed by atoms with Crippen LogP contribution in [-0.4, -0.2) is 45.1 Å². The molecule has 0 spiro atoms. The molecule has 0 aliphatic heterocycles. The van der Waals surface area contributed by atoms with Crippen molar-refractivity contribution in [2.75, 3.05) is 6.61 Å². The van der Waals surface area contributed by atoms with Crippen molar-refractivity contribution in [3.05, 3.63) is 47.6 Å². The Balaban J connectivity index is 2.06. The van der Waals surface area contributed by atoms with Crippen LogP contribution in [0.1, 0.15) is 79.6 Å². The first-order chi connectivity index (χ1) is 17.1. The zero-order valence-corrected chi connectivity index (χ0v) is 23.2. The Kier molecular flexibility index (Phi) is 8.36. The minimum Gasteiger partial charge on any atom is -0.481 e. The average Bonchev–Trinajstić information content (AvgIpc) is 3.03. The maximum absolute atomic E-state index is 12.6. The van der Waals surface area contributed by atoms with Gasteiger partial charge >= 0.3 is 11.9 Å². The molecule has 206 valence electrons. The third-order valence-corrected chi connectivity index (χ3v) is 10.5. The molecule has 0 aromatic rings. The molecule has 6 nitrogen and oxygen atoms in total. The van der Waals surface area contributed by atoms with Crippen LogP contribution in [0.5, 0.6) is 0 Å². The zero-order chi connectivity index (χ0) is 27.9. The fourth-order valence-electron chi connectivity index (χ4n) is 7.83. The first-order valence-corrected chi connectivity index (χ1v) is 13.6. The Hall–Kier alpha value is -2.18. The molecular weight excluding hydrogens is 468 g/mol. The van der Waals surface area contributed by atoms with E-state index in [9.17, 15) is 30.0 Å². The molecule has 37 heavy (non-hydrogen) atoms.